The molecule has 0 aliphatic heterocycles. The van der Waals surface area contributed by atoms with Gasteiger partial charge in [0.1, 0.15) is 0 Å². The summed E-state index contributed by atoms with van der Waals surface area (Å²) in [6.07, 6.45) is 0. The van der Waals surface area contributed by atoms with Crippen LogP contribution in [0.5, 0.6) is 0 Å². The molecule has 4 nitrogen and oxygen atoms in total. The highest BCUT2D eigenvalue weighted by molar-refractivity contribution is 5.82. The number of carbonyl (C=O) groups is 1. The summed E-state index contributed by atoms with van der Waals surface area (Å²) in [7, 11) is 0. The molecule has 1 aromatic heterocycles. The molecule has 4 heteroatoms. The maximum Gasteiger partial charge on any atom is 0.329 e. The molecule has 0 spiro atoms. The monoisotopic (exact) mass is 216 g/mol. The summed E-state index contributed by atoms with van der Waals surface area (Å²) in [6, 6.07) is 11.0. The Morgan fingerprint density at radius 3 is 2.69 bits per heavy atom. The lowest BCUT2D eigenvalue weighted by atomic mass is 9.98. The minimum atomic E-state index is -1.45. The highest BCUT2D eigenvalue weighted by atomic mass is 16.4. The molecule has 82 valence electrons. The number of hydrogen-bond acceptors (Lipinski definition) is 3. The molecule has 0 radical (unpaired) electrons. The number of rotatable bonds is 2. The minimum absolute atomic E-state index is 0.360. The van der Waals surface area contributed by atoms with E-state index in [9.17, 15) is 4.79 Å². The van der Waals surface area contributed by atoms with Crippen LogP contribution in [0.25, 0.3) is 10.9 Å². The molecule has 1 aromatic carbocycles. The number of benzene rings is 1. The Bertz CT molecular complexity index is 549. The zero-order chi connectivity index (χ0) is 11.8. The SMILES string of the molecule is CC(N)(C(=O)O)c1ccc2ccccc2n1. The number of nitrogens with two attached hydrogens (primary N) is 1. The van der Waals surface area contributed by atoms with E-state index >= 15 is 0 Å². The topological polar surface area (TPSA) is 76.2 Å². The molecule has 0 fully saturated rings. The maximum atomic E-state index is 11.0. The molecule has 3 N–H and O–H groups in total. The van der Waals surface area contributed by atoms with Crippen molar-refractivity contribution < 1.29 is 9.90 Å². The van der Waals surface area contributed by atoms with Gasteiger partial charge in [0.15, 0.2) is 5.54 Å². The lowest BCUT2D eigenvalue weighted by Crippen LogP contribution is -2.42. The van der Waals surface area contributed by atoms with Crippen molar-refractivity contribution in [1.29, 1.82) is 0 Å². The first-order valence-corrected chi connectivity index (χ1v) is 4.90. The Balaban J connectivity index is 2.59. The Morgan fingerprint density at radius 1 is 1.31 bits per heavy atom. The number of carboxylic acid groups (broad SMARTS) is 1. The molecule has 0 bridgehead atoms. The number of fused-ring (bicyclic) bond motifs is 1. The van der Waals surface area contributed by atoms with Gasteiger partial charge in [-0.05, 0) is 19.1 Å². The molecule has 16 heavy (non-hydrogen) atoms. The van der Waals surface area contributed by atoms with Crippen molar-refractivity contribution >= 4 is 16.9 Å². The number of aliphatic carboxylic acids is 1. The Hall–Kier alpha value is -1.94. The molecule has 2 rings (SSSR count). The molecule has 0 amide bonds. The molecular weight excluding hydrogens is 204 g/mol. The van der Waals surface area contributed by atoms with E-state index in [1.807, 2.05) is 30.3 Å². The molecule has 0 aliphatic rings. The van der Waals surface area contributed by atoms with Gasteiger partial charge in [0, 0.05) is 5.39 Å². The largest absolute Gasteiger partial charge is 0.480 e. The number of para-hydroxylation sites is 1. The number of pyridine rings is 1. The summed E-state index contributed by atoms with van der Waals surface area (Å²) in [6.45, 7) is 1.44. The second-order valence-corrected chi connectivity index (χ2v) is 3.90. The maximum absolute atomic E-state index is 11.0. The molecule has 2 aromatic rings. The quantitative estimate of drug-likeness (QED) is 0.797. The fraction of sp³-hybridized carbons (Fsp3) is 0.167. The normalized spacial score (nSPS) is 14.6. The minimum Gasteiger partial charge on any atom is -0.480 e. The van der Waals surface area contributed by atoms with Gasteiger partial charge in [-0.25, -0.2) is 4.79 Å². The molecule has 1 unspecified atom stereocenters. The van der Waals surface area contributed by atoms with Gasteiger partial charge in [0.25, 0.3) is 0 Å². The predicted octanol–water partition coefficient (Wildman–Crippen LogP) is 1.49. The third-order valence-corrected chi connectivity index (χ3v) is 2.57. The average Bonchev–Trinajstić information content (AvgIpc) is 2.28. The third-order valence-electron chi connectivity index (χ3n) is 2.57. The number of hydrogen-bond donors (Lipinski definition) is 2. The molecular formula is C12H12N2O2. The van der Waals surface area contributed by atoms with E-state index in [0.717, 1.165) is 10.9 Å². The summed E-state index contributed by atoms with van der Waals surface area (Å²) in [5.74, 6) is -1.09. The van der Waals surface area contributed by atoms with E-state index in [2.05, 4.69) is 4.98 Å². The molecule has 0 saturated carbocycles. The van der Waals surface area contributed by atoms with Gasteiger partial charge in [0.2, 0.25) is 0 Å². The first-order chi connectivity index (χ1) is 7.51. The number of carboxylic acids is 1. The highest BCUT2D eigenvalue weighted by Crippen LogP contribution is 2.19. The van der Waals surface area contributed by atoms with E-state index in [1.165, 1.54) is 6.92 Å². The van der Waals surface area contributed by atoms with Gasteiger partial charge in [-0.3, -0.25) is 4.98 Å². The fourth-order valence-corrected chi connectivity index (χ4v) is 1.46. The van der Waals surface area contributed by atoms with Gasteiger partial charge >= 0.3 is 5.97 Å². The Kier molecular flexibility index (Phi) is 2.36. The predicted molar refractivity (Wildman–Crippen MR) is 60.9 cm³/mol. The third kappa shape index (κ3) is 1.63. The van der Waals surface area contributed by atoms with E-state index in [1.54, 1.807) is 6.07 Å². The summed E-state index contributed by atoms with van der Waals surface area (Å²) < 4.78 is 0. The van der Waals surface area contributed by atoms with Crippen LogP contribution < -0.4 is 5.73 Å². The van der Waals surface area contributed by atoms with E-state index < -0.39 is 11.5 Å². The summed E-state index contributed by atoms with van der Waals surface area (Å²) >= 11 is 0. The molecule has 1 atom stereocenters. The van der Waals surface area contributed by atoms with Crippen molar-refractivity contribution in [2.75, 3.05) is 0 Å². The Labute approximate surface area is 92.7 Å². The first kappa shape index (κ1) is 10.6. The smallest absolute Gasteiger partial charge is 0.329 e. The van der Waals surface area contributed by atoms with Crippen molar-refractivity contribution in [3.63, 3.8) is 0 Å². The van der Waals surface area contributed by atoms with Crippen molar-refractivity contribution in [2.45, 2.75) is 12.5 Å². The lowest BCUT2D eigenvalue weighted by Gasteiger charge is -2.18. The van der Waals surface area contributed by atoms with E-state index in [0.29, 0.717) is 5.69 Å². The molecule has 0 saturated heterocycles. The van der Waals surface area contributed by atoms with Gasteiger partial charge in [-0.15, -0.1) is 0 Å². The zero-order valence-corrected chi connectivity index (χ0v) is 8.84. The zero-order valence-electron chi connectivity index (χ0n) is 8.84. The standard InChI is InChI=1S/C12H12N2O2/c1-12(13,11(15)16)10-7-6-8-4-2-3-5-9(8)14-10/h2-7H,13H2,1H3,(H,15,16). The average molecular weight is 216 g/mol. The number of nitrogens with zero attached hydrogens (tertiary/aromatic N) is 1. The van der Waals surface area contributed by atoms with Gasteiger partial charge < -0.3 is 10.8 Å². The van der Waals surface area contributed by atoms with Crippen molar-refractivity contribution in [3.05, 3.63) is 42.1 Å². The van der Waals surface area contributed by atoms with E-state index in [4.69, 9.17) is 10.8 Å². The van der Waals surface area contributed by atoms with Crippen LogP contribution in [-0.4, -0.2) is 16.1 Å². The molecule has 0 aliphatic carbocycles. The van der Waals surface area contributed by atoms with Crippen LogP contribution in [0.15, 0.2) is 36.4 Å². The van der Waals surface area contributed by atoms with Crippen LogP contribution in [-0.2, 0) is 10.3 Å². The first-order valence-electron chi connectivity index (χ1n) is 4.90. The highest BCUT2D eigenvalue weighted by Gasteiger charge is 2.31. The second kappa shape index (κ2) is 3.57. The Morgan fingerprint density at radius 2 is 2.00 bits per heavy atom. The van der Waals surface area contributed by atoms with Crippen LogP contribution in [0.4, 0.5) is 0 Å². The lowest BCUT2D eigenvalue weighted by molar-refractivity contribution is -0.143. The fourth-order valence-electron chi connectivity index (χ4n) is 1.46. The summed E-state index contributed by atoms with van der Waals surface area (Å²) in [4.78, 5) is 15.3. The number of aromatic nitrogens is 1. The van der Waals surface area contributed by atoms with Gasteiger partial charge in [-0.2, -0.15) is 0 Å². The van der Waals surface area contributed by atoms with Crippen LogP contribution in [0.1, 0.15) is 12.6 Å². The van der Waals surface area contributed by atoms with Crippen molar-refractivity contribution in [3.8, 4) is 0 Å². The van der Waals surface area contributed by atoms with Crippen molar-refractivity contribution in [1.82, 2.24) is 4.98 Å². The van der Waals surface area contributed by atoms with Gasteiger partial charge in [-0.1, -0.05) is 24.3 Å². The van der Waals surface area contributed by atoms with Crippen molar-refractivity contribution in [2.24, 2.45) is 5.73 Å². The van der Waals surface area contributed by atoms with Gasteiger partial charge in [0.05, 0.1) is 11.2 Å². The van der Waals surface area contributed by atoms with Crippen LogP contribution >= 0.6 is 0 Å². The second-order valence-electron chi connectivity index (χ2n) is 3.90. The van der Waals surface area contributed by atoms with Crippen LogP contribution in [0, 0.1) is 0 Å². The summed E-state index contributed by atoms with van der Waals surface area (Å²) in [5.41, 5.74) is 5.36. The molecule has 1 heterocycles. The van der Waals surface area contributed by atoms with Crippen LogP contribution in [0.3, 0.4) is 0 Å². The van der Waals surface area contributed by atoms with Crippen LogP contribution in [0.2, 0.25) is 0 Å². The summed E-state index contributed by atoms with van der Waals surface area (Å²) in [5, 5.41) is 9.97. The van der Waals surface area contributed by atoms with E-state index in [-0.39, 0.29) is 0 Å².